The fourth-order valence-electron chi connectivity index (χ4n) is 2.47. The second kappa shape index (κ2) is 8.74. The number of nitrogens with one attached hydrogen (secondary N) is 1. The number of likely N-dealkylation sites (N-methyl/N-ethyl adjacent to an activating group) is 1. The predicted octanol–water partition coefficient (Wildman–Crippen LogP) is 0.444. The maximum Gasteiger partial charge on any atom is 0.236 e. The van der Waals surface area contributed by atoms with E-state index in [1.807, 2.05) is 11.9 Å². The molecule has 1 rings (SSSR count). The average Bonchev–Trinajstić information content (AvgIpc) is 2.28. The highest BCUT2D eigenvalue weighted by atomic mass is 35.5. The van der Waals surface area contributed by atoms with E-state index < -0.39 is 0 Å². The first kappa shape index (κ1) is 18.6. The van der Waals surface area contributed by atoms with Crippen LogP contribution < -0.4 is 5.32 Å². The highest BCUT2D eigenvalue weighted by molar-refractivity contribution is 5.85. The largest absolute Gasteiger partial charge is 0.384 e. The Balaban J connectivity index is 0.00000324. The van der Waals surface area contributed by atoms with Gasteiger partial charge in [0.2, 0.25) is 5.91 Å². The number of ether oxygens (including phenoxy) is 1. The summed E-state index contributed by atoms with van der Waals surface area (Å²) in [6, 6.07) is 0. The molecule has 5 nitrogen and oxygen atoms in total. The van der Waals surface area contributed by atoms with E-state index in [1.54, 1.807) is 7.11 Å². The maximum atomic E-state index is 12.1. The zero-order chi connectivity index (χ0) is 13.6. The van der Waals surface area contributed by atoms with Crippen LogP contribution in [0.3, 0.4) is 0 Å². The monoisotopic (exact) mass is 293 g/mol. The van der Waals surface area contributed by atoms with Gasteiger partial charge in [-0.2, -0.15) is 0 Å². The van der Waals surface area contributed by atoms with Crippen LogP contribution in [0.25, 0.3) is 0 Å². The predicted molar refractivity (Wildman–Crippen MR) is 79.9 cm³/mol. The first-order valence-corrected chi connectivity index (χ1v) is 6.60. The van der Waals surface area contributed by atoms with Gasteiger partial charge in [0.05, 0.1) is 13.2 Å². The zero-order valence-corrected chi connectivity index (χ0v) is 13.4. The van der Waals surface area contributed by atoms with E-state index >= 15 is 0 Å². The van der Waals surface area contributed by atoms with Crippen molar-refractivity contribution in [2.24, 2.45) is 5.41 Å². The number of rotatable bonds is 6. The number of methoxy groups -OCH3 is 1. The third kappa shape index (κ3) is 7.11. The van der Waals surface area contributed by atoms with Gasteiger partial charge < -0.3 is 15.0 Å². The fourth-order valence-corrected chi connectivity index (χ4v) is 2.47. The molecule has 0 saturated carbocycles. The molecule has 1 saturated heterocycles. The van der Waals surface area contributed by atoms with Crippen molar-refractivity contribution in [3.05, 3.63) is 0 Å². The Morgan fingerprint density at radius 3 is 2.47 bits per heavy atom. The SMILES string of the molecule is COCC(C)(C)CN(C)CC(=O)N1CCNCC1.Cl. The minimum absolute atomic E-state index is 0. The van der Waals surface area contributed by atoms with Crippen LogP contribution in [-0.2, 0) is 9.53 Å². The van der Waals surface area contributed by atoms with Crippen LogP contribution in [0.5, 0.6) is 0 Å². The zero-order valence-electron chi connectivity index (χ0n) is 12.6. The summed E-state index contributed by atoms with van der Waals surface area (Å²) in [6.07, 6.45) is 0. The van der Waals surface area contributed by atoms with Gasteiger partial charge in [-0.3, -0.25) is 9.69 Å². The lowest BCUT2D eigenvalue weighted by Crippen LogP contribution is -2.50. The van der Waals surface area contributed by atoms with Crippen molar-refractivity contribution in [3.8, 4) is 0 Å². The lowest BCUT2D eigenvalue weighted by Gasteiger charge is -2.32. The number of carbonyl (C=O) groups is 1. The molecule has 1 amide bonds. The van der Waals surface area contributed by atoms with E-state index in [9.17, 15) is 4.79 Å². The number of carbonyl (C=O) groups excluding carboxylic acids is 1. The van der Waals surface area contributed by atoms with Crippen LogP contribution in [0.1, 0.15) is 13.8 Å². The van der Waals surface area contributed by atoms with E-state index in [2.05, 4.69) is 24.1 Å². The number of piperazine rings is 1. The van der Waals surface area contributed by atoms with Gasteiger partial charge in [0, 0.05) is 45.2 Å². The number of hydrogen-bond acceptors (Lipinski definition) is 4. The average molecular weight is 294 g/mol. The molecule has 0 unspecified atom stereocenters. The normalized spacial score (nSPS) is 16.4. The van der Waals surface area contributed by atoms with Crippen LogP contribution in [0.4, 0.5) is 0 Å². The highest BCUT2D eigenvalue weighted by Gasteiger charge is 2.23. The smallest absolute Gasteiger partial charge is 0.236 e. The Hall–Kier alpha value is -0.360. The van der Waals surface area contributed by atoms with Gasteiger partial charge in [-0.25, -0.2) is 0 Å². The van der Waals surface area contributed by atoms with E-state index in [0.29, 0.717) is 13.2 Å². The summed E-state index contributed by atoms with van der Waals surface area (Å²) in [7, 11) is 3.71. The quantitative estimate of drug-likeness (QED) is 0.772. The van der Waals surface area contributed by atoms with E-state index in [4.69, 9.17) is 4.74 Å². The fraction of sp³-hybridized carbons (Fsp3) is 0.923. The summed E-state index contributed by atoms with van der Waals surface area (Å²) >= 11 is 0. The van der Waals surface area contributed by atoms with Crippen LogP contribution in [0.15, 0.2) is 0 Å². The number of nitrogens with zero attached hydrogens (tertiary/aromatic N) is 2. The number of amides is 1. The molecule has 19 heavy (non-hydrogen) atoms. The molecule has 114 valence electrons. The molecule has 1 heterocycles. The van der Waals surface area contributed by atoms with Gasteiger partial charge in [-0.1, -0.05) is 13.8 Å². The highest BCUT2D eigenvalue weighted by Crippen LogP contribution is 2.16. The Kier molecular flexibility index (Phi) is 8.57. The molecule has 0 radical (unpaired) electrons. The molecule has 0 bridgehead atoms. The van der Waals surface area contributed by atoms with Gasteiger partial charge in [-0.05, 0) is 7.05 Å². The van der Waals surface area contributed by atoms with Crippen molar-refractivity contribution in [2.45, 2.75) is 13.8 Å². The first-order valence-electron chi connectivity index (χ1n) is 6.60. The van der Waals surface area contributed by atoms with Crippen molar-refractivity contribution in [1.29, 1.82) is 0 Å². The van der Waals surface area contributed by atoms with Crippen LogP contribution in [0, 0.1) is 5.41 Å². The lowest BCUT2D eigenvalue weighted by molar-refractivity contribution is -0.133. The second-order valence-electron chi connectivity index (χ2n) is 5.90. The first-order chi connectivity index (χ1) is 8.44. The van der Waals surface area contributed by atoms with Crippen molar-refractivity contribution >= 4 is 18.3 Å². The molecular weight excluding hydrogens is 266 g/mol. The van der Waals surface area contributed by atoms with E-state index in [-0.39, 0.29) is 23.7 Å². The summed E-state index contributed by atoms with van der Waals surface area (Å²) in [5.74, 6) is 0.229. The molecule has 1 N–H and O–H groups in total. The topological polar surface area (TPSA) is 44.8 Å². The van der Waals surface area contributed by atoms with Crippen LogP contribution in [0.2, 0.25) is 0 Å². The molecule has 1 aliphatic heterocycles. The summed E-state index contributed by atoms with van der Waals surface area (Å²) in [6.45, 7) is 9.84. The molecule has 0 aromatic carbocycles. The van der Waals surface area contributed by atoms with Crippen molar-refractivity contribution in [3.63, 3.8) is 0 Å². The van der Waals surface area contributed by atoms with E-state index in [1.165, 1.54) is 0 Å². The van der Waals surface area contributed by atoms with Gasteiger partial charge in [0.1, 0.15) is 0 Å². The second-order valence-corrected chi connectivity index (χ2v) is 5.90. The van der Waals surface area contributed by atoms with Gasteiger partial charge in [-0.15, -0.1) is 12.4 Å². The molecular formula is C13H28ClN3O2. The van der Waals surface area contributed by atoms with Gasteiger partial charge in [0.15, 0.2) is 0 Å². The summed E-state index contributed by atoms with van der Waals surface area (Å²) < 4.78 is 5.20. The minimum atomic E-state index is 0. The minimum Gasteiger partial charge on any atom is -0.384 e. The van der Waals surface area contributed by atoms with Gasteiger partial charge in [0.25, 0.3) is 0 Å². The van der Waals surface area contributed by atoms with Gasteiger partial charge >= 0.3 is 0 Å². The molecule has 0 aromatic rings. The third-order valence-electron chi connectivity index (χ3n) is 3.11. The number of halogens is 1. The third-order valence-corrected chi connectivity index (χ3v) is 3.11. The summed E-state index contributed by atoms with van der Waals surface area (Å²) in [4.78, 5) is 16.1. The Labute approximate surface area is 123 Å². The molecule has 1 aliphatic rings. The summed E-state index contributed by atoms with van der Waals surface area (Å²) in [5, 5.41) is 3.25. The Morgan fingerprint density at radius 1 is 1.37 bits per heavy atom. The van der Waals surface area contributed by atoms with E-state index in [0.717, 1.165) is 32.7 Å². The molecule has 6 heteroatoms. The van der Waals surface area contributed by atoms with Crippen molar-refractivity contribution in [2.75, 3.05) is 60.0 Å². The Bertz CT molecular complexity index is 269. The van der Waals surface area contributed by atoms with Crippen LogP contribution >= 0.6 is 12.4 Å². The Morgan fingerprint density at radius 2 is 1.95 bits per heavy atom. The lowest BCUT2D eigenvalue weighted by atomic mass is 9.94. The van der Waals surface area contributed by atoms with Crippen molar-refractivity contribution < 1.29 is 9.53 Å². The molecule has 0 aliphatic carbocycles. The molecule has 1 fully saturated rings. The molecule has 0 atom stereocenters. The maximum absolute atomic E-state index is 12.1. The standard InChI is InChI=1S/C13H27N3O2.ClH/c1-13(2,11-18-4)10-15(3)9-12(17)16-7-5-14-6-8-16;/h14H,5-11H2,1-4H3;1H. The number of hydrogen-bond donors (Lipinski definition) is 1. The summed E-state index contributed by atoms with van der Waals surface area (Å²) in [5.41, 5.74) is 0.0766. The van der Waals surface area contributed by atoms with Crippen LogP contribution in [-0.4, -0.2) is 75.7 Å². The van der Waals surface area contributed by atoms with Crippen molar-refractivity contribution in [1.82, 2.24) is 15.1 Å². The molecule has 0 aromatic heterocycles. The molecule has 0 spiro atoms.